The van der Waals surface area contributed by atoms with Crippen LogP contribution in [0.1, 0.15) is 38.3 Å². The molecule has 0 radical (unpaired) electrons. The molecule has 19 heavy (non-hydrogen) atoms. The van der Waals surface area contributed by atoms with Gasteiger partial charge < -0.3 is 20.4 Å². The number of aromatic hydroxyl groups is 2. The summed E-state index contributed by atoms with van der Waals surface area (Å²) in [6.07, 6.45) is 2.30. The molecule has 106 valence electrons. The summed E-state index contributed by atoms with van der Waals surface area (Å²) >= 11 is 0. The zero-order valence-corrected chi connectivity index (χ0v) is 11.8. The van der Waals surface area contributed by atoms with Crippen molar-refractivity contribution in [3.63, 3.8) is 0 Å². The smallest absolute Gasteiger partial charge is 0.124 e. The highest BCUT2D eigenvalue weighted by Gasteiger charge is 2.20. The fourth-order valence-corrected chi connectivity index (χ4v) is 2.76. The summed E-state index contributed by atoms with van der Waals surface area (Å²) in [5, 5.41) is 22.7. The molecule has 0 aromatic heterocycles. The second-order valence-corrected chi connectivity index (χ2v) is 5.34. The number of phenols is 2. The Kier molecular flexibility index (Phi) is 4.66. The van der Waals surface area contributed by atoms with E-state index in [2.05, 4.69) is 24.1 Å². The number of piperidine rings is 1. The zero-order chi connectivity index (χ0) is 13.8. The van der Waals surface area contributed by atoms with E-state index in [-0.39, 0.29) is 17.5 Å². The van der Waals surface area contributed by atoms with Crippen molar-refractivity contribution >= 4 is 0 Å². The molecule has 0 bridgehead atoms. The molecule has 0 saturated carbocycles. The molecule has 3 N–H and O–H groups in total. The molecule has 0 spiro atoms. The number of nitrogens with zero attached hydrogens (tertiary/aromatic N) is 1. The fourth-order valence-electron chi connectivity index (χ4n) is 2.76. The zero-order valence-electron chi connectivity index (χ0n) is 11.8. The molecule has 1 aromatic carbocycles. The first-order valence-corrected chi connectivity index (χ1v) is 7.10. The van der Waals surface area contributed by atoms with Crippen molar-refractivity contribution in [2.45, 2.75) is 38.8 Å². The van der Waals surface area contributed by atoms with E-state index in [4.69, 9.17) is 0 Å². The van der Waals surface area contributed by atoms with Gasteiger partial charge in [-0.05, 0) is 45.5 Å². The second kappa shape index (κ2) is 6.26. The first kappa shape index (κ1) is 14.2. The SMILES string of the molecule is CCN1CCC(NC(C)c2ccc(O)cc2O)CC1. The van der Waals surface area contributed by atoms with Gasteiger partial charge in [0.25, 0.3) is 0 Å². The molecule has 2 rings (SSSR count). The van der Waals surface area contributed by atoms with Crippen LogP contribution in [0.5, 0.6) is 11.5 Å². The van der Waals surface area contributed by atoms with Crippen LogP contribution in [0.3, 0.4) is 0 Å². The Morgan fingerprint density at radius 1 is 1.32 bits per heavy atom. The highest BCUT2D eigenvalue weighted by molar-refractivity contribution is 5.40. The maximum absolute atomic E-state index is 9.86. The molecule has 1 saturated heterocycles. The van der Waals surface area contributed by atoms with E-state index in [0.717, 1.165) is 38.0 Å². The lowest BCUT2D eigenvalue weighted by atomic mass is 10.0. The molecule has 1 aliphatic rings. The van der Waals surface area contributed by atoms with Crippen molar-refractivity contribution < 1.29 is 10.2 Å². The van der Waals surface area contributed by atoms with Crippen LogP contribution < -0.4 is 5.32 Å². The summed E-state index contributed by atoms with van der Waals surface area (Å²) in [7, 11) is 0. The van der Waals surface area contributed by atoms with E-state index in [9.17, 15) is 10.2 Å². The summed E-state index contributed by atoms with van der Waals surface area (Å²) in [4.78, 5) is 2.46. The lowest BCUT2D eigenvalue weighted by Crippen LogP contribution is -2.43. The molecule has 1 atom stereocenters. The van der Waals surface area contributed by atoms with Crippen LogP contribution in [0.15, 0.2) is 18.2 Å². The van der Waals surface area contributed by atoms with Crippen molar-refractivity contribution in [3.8, 4) is 11.5 Å². The second-order valence-electron chi connectivity index (χ2n) is 5.34. The highest BCUT2D eigenvalue weighted by Crippen LogP contribution is 2.28. The van der Waals surface area contributed by atoms with Gasteiger partial charge in [0, 0.05) is 23.7 Å². The highest BCUT2D eigenvalue weighted by atomic mass is 16.3. The standard InChI is InChI=1S/C15H24N2O2/c1-3-17-8-6-12(7-9-17)16-11(2)14-5-4-13(18)10-15(14)19/h4-5,10-12,16,18-19H,3,6-9H2,1-2H3. The molecular weight excluding hydrogens is 240 g/mol. The average Bonchev–Trinajstić information content (AvgIpc) is 2.39. The molecule has 4 nitrogen and oxygen atoms in total. The number of nitrogens with one attached hydrogen (secondary N) is 1. The molecule has 1 heterocycles. The molecule has 0 amide bonds. The number of benzene rings is 1. The fraction of sp³-hybridized carbons (Fsp3) is 0.600. The van der Waals surface area contributed by atoms with Crippen LogP contribution in [0.25, 0.3) is 0 Å². The Hall–Kier alpha value is -1.26. The third kappa shape index (κ3) is 3.61. The first-order valence-electron chi connectivity index (χ1n) is 7.10. The minimum Gasteiger partial charge on any atom is -0.508 e. The minimum atomic E-state index is 0.0961. The van der Waals surface area contributed by atoms with Crippen LogP contribution in [0.4, 0.5) is 0 Å². The van der Waals surface area contributed by atoms with E-state index in [1.807, 2.05) is 0 Å². The molecule has 1 aliphatic heterocycles. The van der Waals surface area contributed by atoms with Gasteiger partial charge in [0.15, 0.2) is 0 Å². The van der Waals surface area contributed by atoms with Gasteiger partial charge in [-0.15, -0.1) is 0 Å². The maximum atomic E-state index is 9.86. The summed E-state index contributed by atoms with van der Waals surface area (Å²) in [6.45, 7) is 7.66. The summed E-state index contributed by atoms with van der Waals surface area (Å²) in [5.74, 6) is 0.260. The molecule has 1 fully saturated rings. The van der Waals surface area contributed by atoms with Crippen LogP contribution in [-0.2, 0) is 0 Å². The summed E-state index contributed by atoms with van der Waals surface area (Å²) in [5.41, 5.74) is 0.843. The quantitative estimate of drug-likeness (QED) is 0.780. The van der Waals surface area contributed by atoms with Crippen LogP contribution >= 0.6 is 0 Å². The van der Waals surface area contributed by atoms with E-state index in [1.165, 1.54) is 6.07 Å². The normalized spacial score (nSPS) is 19.5. The number of hydrogen-bond acceptors (Lipinski definition) is 4. The Morgan fingerprint density at radius 3 is 2.58 bits per heavy atom. The van der Waals surface area contributed by atoms with Crippen LogP contribution in [0.2, 0.25) is 0 Å². The van der Waals surface area contributed by atoms with Gasteiger partial charge >= 0.3 is 0 Å². The average molecular weight is 264 g/mol. The molecule has 4 heteroatoms. The van der Waals surface area contributed by atoms with Crippen molar-refractivity contribution in [2.75, 3.05) is 19.6 Å². The molecular formula is C15H24N2O2. The van der Waals surface area contributed by atoms with Gasteiger partial charge in [0.1, 0.15) is 11.5 Å². The Morgan fingerprint density at radius 2 is 2.00 bits per heavy atom. The Balaban J connectivity index is 1.92. The molecule has 0 aliphatic carbocycles. The van der Waals surface area contributed by atoms with Crippen molar-refractivity contribution in [2.24, 2.45) is 0 Å². The van der Waals surface area contributed by atoms with Crippen molar-refractivity contribution in [1.29, 1.82) is 0 Å². The summed E-state index contributed by atoms with van der Waals surface area (Å²) < 4.78 is 0. The number of likely N-dealkylation sites (tertiary alicyclic amines) is 1. The predicted molar refractivity (Wildman–Crippen MR) is 76.5 cm³/mol. The molecule has 1 unspecified atom stereocenters. The van der Waals surface area contributed by atoms with Gasteiger partial charge in [0.2, 0.25) is 0 Å². The largest absolute Gasteiger partial charge is 0.508 e. The van der Waals surface area contributed by atoms with Crippen LogP contribution in [-0.4, -0.2) is 40.8 Å². The molecule has 1 aromatic rings. The van der Waals surface area contributed by atoms with E-state index >= 15 is 0 Å². The van der Waals surface area contributed by atoms with Crippen molar-refractivity contribution in [1.82, 2.24) is 10.2 Å². The van der Waals surface area contributed by atoms with Crippen molar-refractivity contribution in [3.05, 3.63) is 23.8 Å². The Bertz CT molecular complexity index is 415. The van der Waals surface area contributed by atoms with Gasteiger partial charge in [-0.25, -0.2) is 0 Å². The lowest BCUT2D eigenvalue weighted by molar-refractivity contribution is 0.200. The number of hydrogen-bond donors (Lipinski definition) is 3. The third-order valence-corrected chi connectivity index (χ3v) is 4.00. The number of phenolic OH excluding ortho intramolecular Hbond substituents is 2. The van der Waals surface area contributed by atoms with Gasteiger partial charge in [-0.1, -0.05) is 13.0 Å². The summed E-state index contributed by atoms with van der Waals surface area (Å²) in [6, 6.07) is 5.40. The predicted octanol–water partition coefficient (Wildman–Crippen LogP) is 2.23. The van der Waals surface area contributed by atoms with E-state index in [0.29, 0.717) is 6.04 Å². The first-order chi connectivity index (χ1) is 9.10. The Labute approximate surface area is 115 Å². The number of rotatable bonds is 4. The monoisotopic (exact) mass is 264 g/mol. The third-order valence-electron chi connectivity index (χ3n) is 4.00. The topological polar surface area (TPSA) is 55.7 Å². The van der Waals surface area contributed by atoms with Crippen LogP contribution in [0, 0.1) is 0 Å². The minimum absolute atomic E-state index is 0.0961. The van der Waals surface area contributed by atoms with E-state index < -0.39 is 0 Å². The van der Waals surface area contributed by atoms with Gasteiger partial charge in [0.05, 0.1) is 0 Å². The van der Waals surface area contributed by atoms with Gasteiger partial charge in [-0.3, -0.25) is 0 Å². The van der Waals surface area contributed by atoms with Gasteiger partial charge in [-0.2, -0.15) is 0 Å². The van der Waals surface area contributed by atoms with E-state index in [1.54, 1.807) is 12.1 Å². The lowest BCUT2D eigenvalue weighted by Gasteiger charge is -2.33. The maximum Gasteiger partial charge on any atom is 0.124 e.